The van der Waals surface area contributed by atoms with Crippen molar-refractivity contribution >= 4 is 11.6 Å². The Hall–Kier alpha value is -1.76. The zero-order valence-corrected chi connectivity index (χ0v) is 8.60. The van der Waals surface area contributed by atoms with Crippen LogP contribution in [-0.2, 0) is 0 Å². The van der Waals surface area contributed by atoms with Gasteiger partial charge in [-0.05, 0) is 0 Å². The number of aromatic nitrogens is 2. The molecular formula is C8H14N4O3. The van der Waals surface area contributed by atoms with Gasteiger partial charge in [0.1, 0.15) is 0 Å². The maximum Gasteiger partial charge on any atom is 0.248 e. The molecule has 1 aromatic heterocycles. The van der Waals surface area contributed by atoms with E-state index in [-0.39, 0.29) is 23.4 Å². The van der Waals surface area contributed by atoms with E-state index in [1.165, 1.54) is 7.11 Å². The van der Waals surface area contributed by atoms with Gasteiger partial charge in [-0.1, -0.05) is 6.92 Å². The highest BCUT2D eigenvalue weighted by atomic mass is 16.6. The fraction of sp³-hybridized carbons (Fsp3) is 0.500. The van der Waals surface area contributed by atoms with Gasteiger partial charge < -0.3 is 26.0 Å². The van der Waals surface area contributed by atoms with Crippen molar-refractivity contribution in [2.45, 2.75) is 19.6 Å². The summed E-state index contributed by atoms with van der Waals surface area (Å²) < 4.78 is 9.90. The van der Waals surface area contributed by atoms with E-state index in [9.17, 15) is 5.11 Å². The third-order valence-corrected chi connectivity index (χ3v) is 1.68. The molecule has 0 spiro atoms. The Bertz CT molecular complexity index is 345. The smallest absolute Gasteiger partial charge is 0.248 e. The Morgan fingerprint density at radius 3 is 2.47 bits per heavy atom. The van der Waals surface area contributed by atoms with Crippen LogP contribution in [0.15, 0.2) is 0 Å². The average Bonchev–Trinajstić information content (AvgIpc) is 2.22. The molecular weight excluding hydrogens is 200 g/mol. The molecule has 0 aliphatic carbocycles. The summed E-state index contributed by atoms with van der Waals surface area (Å²) in [5, 5.41) is 9.27. The Kier molecular flexibility index (Phi) is 3.51. The summed E-state index contributed by atoms with van der Waals surface area (Å²) in [6.45, 7) is 1.75. The van der Waals surface area contributed by atoms with Crippen molar-refractivity contribution in [3.63, 3.8) is 0 Å². The van der Waals surface area contributed by atoms with Gasteiger partial charge in [-0.15, -0.1) is 0 Å². The number of nitrogens with zero attached hydrogens (tertiary/aromatic N) is 2. The Morgan fingerprint density at radius 1 is 1.33 bits per heavy atom. The van der Waals surface area contributed by atoms with E-state index < -0.39 is 6.29 Å². The number of ether oxygens (including phenoxy) is 2. The lowest BCUT2D eigenvalue weighted by Gasteiger charge is -2.13. The average molecular weight is 214 g/mol. The van der Waals surface area contributed by atoms with Crippen LogP contribution in [0.1, 0.15) is 13.3 Å². The van der Waals surface area contributed by atoms with Gasteiger partial charge in [-0.25, -0.2) is 0 Å². The molecule has 0 aromatic carbocycles. The molecule has 7 nitrogen and oxygen atoms in total. The predicted molar refractivity (Wildman–Crippen MR) is 54.3 cm³/mol. The second-order valence-corrected chi connectivity index (χ2v) is 2.79. The second-order valence-electron chi connectivity index (χ2n) is 2.79. The highest BCUT2D eigenvalue weighted by Crippen LogP contribution is 2.28. The molecule has 0 saturated carbocycles. The first-order valence-corrected chi connectivity index (χ1v) is 4.40. The van der Waals surface area contributed by atoms with Crippen LogP contribution in [0.4, 0.5) is 11.6 Å². The van der Waals surface area contributed by atoms with Crippen LogP contribution in [0, 0.1) is 0 Å². The first-order chi connectivity index (χ1) is 7.08. The van der Waals surface area contributed by atoms with Gasteiger partial charge in [0.2, 0.25) is 17.7 Å². The number of nitrogen functional groups attached to an aromatic ring is 2. The van der Waals surface area contributed by atoms with E-state index in [2.05, 4.69) is 9.97 Å². The van der Waals surface area contributed by atoms with E-state index in [4.69, 9.17) is 20.9 Å². The van der Waals surface area contributed by atoms with Gasteiger partial charge in [0.25, 0.3) is 0 Å². The minimum atomic E-state index is -0.980. The monoisotopic (exact) mass is 214 g/mol. The van der Waals surface area contributed by atoms with Crippen molar-refractivity contribution in [3.05, 3.63) is 0 Å². The normalized spacial score (nSPS) is 12.2. The summed E-state index contributed by atoms with van der Waals surface area (Å²) in [4.78, 5) is 7.49. The van der Waals surface area contributed by atoms with E-state index in [1.807, 2.05) is 0 Å². The molecule has 0 aliphatic heterocycles. The molecule has 84 valence electrons. The first kappa shape index (κ1) is 11.3. The van der Waals surface area contributed by atoms with Gasteiger partial charge in [0.05, 0.1) is 7.11 Å². The summed E-state index contributed by atoms with van der Waals surface area (Å²) in [5.74, 6) is 0.119. The van der Waals surface area contributed by atoms with Crippen molar-refractivity contribution in [1.82, 2.24) is 9.97 Å². The number of methoxy groups -OCH3 is 1. The molecule has 0 bridgehead atoms. The van der Waals surface area contributed by atoms with Gasteiger partial charge >= 0.3 is 0 Å². The molecule has 1 rings (SSSR count). The summed E-state index contributed by atoms with van der Waals surface area (Å²) in [7, 11) is 1.40. The molecule has 5 N–H and O–H groups in total. The molecule has 15 heavy (non-hydrogen) atoms. The molecule has 1 heterocycles. The summed E-state index contributed by atoms with van der Waals surface area (Å²) in [6, 6.07) is 0. The van der Waals surface area contributed by atoms with Crippen LogP contribution in [0.2, 0.25) is 0 Å². The van der Waals surface area contributed by atoms with Crippen molar-refractivity contribution in [2.24, 2.45) is 0 Å². The lowest BCUT2D eigenvalue weighted by Crippen LogP contribution is -2.16. The van der Waals surface area contributed by atoms with Crippen LogP contribution in [-0.4, -0.2) is 28.5 Å². The van der Waals surface area contributed by atoms with Crippen LogP contribution in [0.25, 0.3) is 0 Å². The van der Waals surface area contributed by atoms with Gasteiger partial charge in [0.15, 0.2) is 12.0 Å². The Balaban J connectivity index is 3.01. The van der Waals surface area contributed by atoms with E-state index >= 15 is 0 Å². The first-order valence-electron chi connectivity index (χ1n) is 4.40. The zero-order chi connectivity index (χ0) is 11.4. The lowest BCUT2D eigenvalue weighted by molar-refractivity contribution is -0.0217. The Labute approximate surface area is 87.0 Å². The zero-order valence-electron chi connectivity index (χ0n) is 8.60. The molecule has 0 radical (unpaired) electrons. The highest BCUT2D eigenvalue weighted by Gasteiger charge is 2.14. The maximum atomic E-state index is 9.27. The SMILES string of the molecule is CCC(O)Oc1nc(N)nc(OC)c1N. The highest BCUT2D eigenvalue weighted by molar-refractivity contribution is 5.58. The number of aliphatic hydroxyl groups excluding tert-OH is 1. The summed E-state index contributed by atoms with van der Waals surface area (Å²) in [5.41, 5.74) is 11.1. The van der Waals surface area contributed by atoms with Gasteiger partial charge in [-0.3, -0.25) is 0 Å². The summed E-state index contributed by atoms with van der Waals surface area (Å²) >= 11 is 0. The minimum absolute atomic E-state index is 0.0219. The number of rotatable bonds is 4. The molecule has 0 saturated heterocycles. The summed E-state index contributed by atoms with van der Waals surface area (Å²) in [6.07, 6.45) is -0.572. The van der Waals surface area contributed by atoms with Crippen molar-refractivity contribution in [2.75, 3.05) is 18.6 Å². The molecule has 7 heteroatoms. The van der Waals surface area contributed by atoms with Gasteiger partial charge in [0, 0.05) is 6.42 Å². The topological polar surface area (TPSA) is 117 Å². The number of nitrogens with two attached hydrogens (primary N) is 2. The number of hydrogen-bond acceptors (Lipinski definition) is 7. The van der Waals surface area contributed by atoms with Crippen LogP contribution in [0.3, 0.4) is 0 Å². The fourth-order valence-corrected chi connectivity index (χ4v) is 0.903. The van der Waals surface area contributed by atoms with E-state index in [1.54, 1.807) is 6.92 Å². The van der Waals surface area contributed by atoms with Gasteiger partial charge in [-0.2, -0.15) is 9.97 Å². The standard InChI is InChI=1S/C8H14N4O3/c1-3-4(13)15-7-5(9)6(14-2)11-8(10)12-7/h4,13H,3,9H2,1-2H3,(H2,10,11,12). The Morgan fingerprint density at radius 2 is 1.93 bits per heavy atom. The van der Waals surface area contributed by atoms with Crippen LogP contribution in [0.5, 0.6) is 11.8 Å². The number of anilines is 2. The molecule has 0 aliphatic rings. The third-order valence-electron chi connectivity index (χ3n) is 1.68. The largest absolute Gasteiger partial charge is 0.479 e. The third kappa shape index (κ3) is 2.59. The predicted octanol–water partition coefficient (Wildman–Crippen LogP) is -0.243. The molecule has 0 fully saturated rings. The van der Waals surface area contributed by atoms with E-state index in [0.717, 1.165) is 0 Å². The molecule has 0 amide bonds. The lowest BCUT2D eigenvalue weighted by atomic mass is 10.4. The van der Waals surface area contributed by atoms with Crippen LogP contribution >= 0.6 is 0 Å². The number of hydrogen-bond donors (Lipinski definition) is 3. The minimum Gasteiger partial charge on any atom is -0.479 e. The van der Waals surface area contributed by atoms with Crippen molar-refractivity contribution in [3.8, 4) is 11.8 Å². The van der Waals surface area contributed by atoms with Crippen molar-refractivity contribution in [1.29, 1.82) is 0 Å². The number of aliphatic hydroxyl groups is 1. The second kappa shape index (κ2) is 4.65. The van der Waals surface area contributed by atoms with Crippen molar-refractivity contribution < 1.29 is 14.6 Å². The fourth-order valence-electron chi connectivity index (χ4n) is 0.903. The molecule has 1 unspecified atom stereocenters. The quantitative estimate of drug-likeness (QED) is 0.592. The van der Waals surface area contributed by atoms with Crippen LogP contribution < -0.4 is 20.9 Å². The maximum absolute atomic E-state index is 9.27. The van der Waals surface area contributed by atoms with E-state index in [0.29, 0.717) is 6.42 Å². The molecule has 1 aromatic rings. The molecule has 1 atom stereocenters.